The summed E-state index contributed by atoms with van der Waals surface area (Å²) in [4.78, 5) is 23.7. The van der Waals surface area contributed by atoms with Crippen LogP contribution in [0, 0.1) is 0 Å². The molecule has 0 aliphatic carbocycles. The second-order valence-electron chi connectivity index (χ2n) is 3.23. The van der Waals surface area contributed by atoms with Crippen molar-refractivity contribution in [2.45, 2.75) is 0 Å². The summed E-state index contributed by atoms with van der Waals surface area (Å²) in [5, 5.41) is 5.38. The van der Waals surface area contributed by atoms with E-state index < -0.39 is 0 Å². The molecule has 0 aliphatic heterocycles. The van der Waals surface area contributed by atoms with Gasteiger partial charge in [0.1, 0.15) is 0 Å². The molecule has 2 amide bonds. The average Bonchev–Trinajstić information content (AvgIpc) is 2.20. The number of carbonyl (C=O) groups is 2. The molecular formula is C9H19N3O3. The van der Waals surface area contributed by atoms with Gasteiger partial charge < -0.3 is 20.3 Å². The number of ether oxygens (including phenoxy) is 1. The van der Waals surface area contributed by atoms with Crippen molar-refractivity contribution in [3.8, 4) is 0 Å². The van der Waals surface area contributed by atoms with Crippen LogP contribution in [0.15, 0.2) is 0 Å². The van der Waals surface area contributed by atoms with Gasteiger partial charge in [-0.25, -0.2) is 0 Å². The normalized spacial score (nSPS) is 9.80. The van der Waals surface area contributed by atoms with Crippen LogP contribution in [0.1, 0.15) is 0 Å². The monoisotopic (exact) mass is 217 g/mol. The van der Waals surface area contributed by atoms with Crippen LogP contribution in [-0.4, -0.2) is 64.2 Å². The van der Waals surface area contributed by atoms with E-state index in [1.165, 1.54) is 4.90 Å². The lowest BCUT2D eigenvalue weighted by atomic mass is 10.5. The summed E-state index contributed by atoms with van der Waals surface area (Å²) < 4.78 is 4.80. The van der Waals surface area contributed by atoms with Gasteiger partial charge in [-0.1, -0.05) is 0 Å². The van der Waals surface area contributed by atoms with Gasteiger partial charge in [0.05, 0.1) is 19.7 Å². The lowest BCUT2D eigenvalue weighted by Gasteiger charge is -2.11. The van der Waals surface area contributed by atoms with Gasteiger partial charge >= 0.3 is 0 Å². The van der Waals surface area contributed by atoms with E-state index in [0.29, 0.717) is 13.2 Å². The summed E-state index contributed by atoms with van der Waals surface area (Å²) in [5.41, 5.74) is 0. The fraction of sp³-hybridized carbons (Fsp3) is 0.778. The third kappa shape index (κ3) is 7.90. The summed E-state index contributed by atoms with van der Waals surface area (Å²) >= 11 is 0. The maximum atomic E-state index is 11.1. The molecule has 0 aliphatic rings. The summed E-state index contributed by atoms with van der Waals surface area (Å²) in [6, 6.07) is 0. The molecule has 0 bridgehead atoms. The largest absolute Gasteiger partial charge is 0.383 e. The second-order valence-corrected chi connectivity index (χ2v) is 3.23. The van der Waals surface area contributed by atoms with Gasteiger partial charge in [-0.05, 0) is 0 Å². The Bertz CT molecular complexity index is 207. The Morgan fingerprint density at radius 2 is 1.93 bits per heavy atom. The van der Waals surface area contributed by atoms with Gasteiger partial charge in [0.15, 0.2) is 0 Å². The van der Waals surface area contributed by atoms with Crippen molar-refractivity contribution in [2.75, 3.05) is 47.4 Å². The highest BCUT2D eigenvalue weighted by Gasteiger charge is 2.05. The molecule has 0 saturated heterocycles. The minimum atomic E-state index is -0.193. The molecule has 0 heterocycles. The number of methoxy groups -OCH3 is 1. The fourth-order valence-corrected chi connectivity index (χ4v) is 0.771. The molecule has 2 N–H and O–H groups in total. The smallest absolute Gasteiger partial charge is 0.241 e. The van der Waals surface area contributed by atoms with Crippen LogP contribution in [0.2, 0.25) is 0 Å². The SMILES string of the molecule is COCCNCC(=O)NCC(=O)N(C)C. The van der Waals surface area contributed by atoms with Crippen molar-refractivity contribution >= 4 is 11.8 Å². The van der Waals surface area contributed by atoms with E-state index in [-0.39, 0.29) is 24.9 Å². The number of nitrogens with zero attached hydrogens (tertiary/aromatic N) is 1. The topological polar surface area (TPSA) is 70.7 Å². The standard InChI is InChI=1S/C9H19N3O3/c1-12(2)9(14)7-11-8(13)6-10-4-5-15-3/h10H,4-7H2,1-3H3,(H,11,13). The maximum Gasteiger partial charge on any atom is 0.241 e. The molecule has 0 unspecified atom stereocenters. The van der Waals surface area contributed by atoms with Gasteiger partial charge in [-0.3, -0.25) is 9.59 Å². The van der Waals surface area contributed by atoms with Gasteiger partial charge in [0.25, 0.3) is 0 Å². The zero-order valence-electron chi connectivity index (χ0n) is 9.50. The summed E-state index contributed by atoms with van der Waals surface area (Å²) in [6.07, 6.45) is 0. The Kier molecular flexibility index (Phi) is 7.57. The average molecular weight is 217 g/mol. The summed E-state index contributed by atoms with van der Waals surface area (Å²) in [7, 11) is 4.88. The molecule has 0 saturated carbocycles. The van der Waals surface area contributed by atoms with Gasteiger partial charge in [-0.2, -0.15) is 0 Å². The number of likely N-dealkylation sites (N-methyl/N-ethyl adjacent to an activating group) is 1. The molecule has 0 rings (SSSR count). The minimum absolute atomic E-state index is 0.0395. The molecule has 88 valence electrons. The van der Waals surface area contributed by atoms with E-state index in [2.05, 4.69) is 10.6 Å². The Morgan fingerprint density at radius 1 is 1.27 bits per heavy atom. The molecule has 6 nitrogen and oxygen atoms in total. The van der Waals surface area contributed by atoms with Gasteiger partial charge in [-0.15, -0.1) is 0 Å². The van der Waals surface area contributed by atoms with Crippen molar-refractivity contribution in [1.82, 2.24) is 15.5 Å². The Labute approximate surface area is 90.0 Å². The molecule has 0 aromatic rings. The van der Waals surface area contributed by atoms with Gasteiger partial charge in [0.2, 0.25) is 11.8 Å². The summed E-state index contributed by atoms with van der Waals surface area (Å²) in [6.45, 7) is 1.41. The lowest BCUT2D eigenvalue weighted by Crippen LogP contribution is -2.40. The van der Waals surface area contributed by atoms with Crippen LogP contribution in [0.5, 0.6) is 0 Å². The van der Waals surface area contributed by atoms with Crippen molar-refractivity contribution in [3.63, 3.8) is 0 Å². The molecule has 15 heavy (non-hydrogen) atoms. The first-order valence-electron chi connectivity index (χ1n) is 4.74. The number of hydrogen-bond acceptors (Lipinski definition) is 4. The van der Waals surface area contributed by atoms with E-state index in [0.717, 1.165) is 0 Å². The van der Waals surface area contributed by atoms with E-state index >= 15 is 0 Å². The van der Waals surface area contributed by atoms with Crippen LogP contribution in [0.25, 0.3) is 0 Å². The van der Waals surface area contributed by atoms with Crippen LogP contribution in [0.3, 0.4) is 0 Å². The van der Waals surface area contributed by atoms with Gasteiger partial charge in [0, 0.05) is 27.7 Å². The molecule has 0 radical (unpaired) electrons. The quantitative estimate of drug-likeness (QED) is 0.505. The Balaban J connectivity index is 3.45. The predicted molar refractivity (Wildman–Crippen MR) is 56.4 cm³/mol. The third-order valence-corrected chi connectivity index (χ3v) is 1.70. The Morgan fingerprint density at radius 3 is 2.47 bits per heavy atom. The van der Waals surface area contributed by atoms with Crippen LogP contribution in [0.4, 0.5) is 0 Å². The van der Waals surface area contributed by atoms with Crippen molar-refractivity contribution < 1.29 is 14.3 Å². The molecule has 0 spiro atoms. The predicted octanol–water partition coefficient (Wildman–Crippen LogP) is -1.57. The molecule has 0 aromatic carbocycles. The molecule has 0 fully saturated rings. The third-order valence-electron chi connectivity index (χ3n) is 1.70. The first-order chi connectivity index (χ1) is 7.07. The van der Waals surface area contributed by atoms with E-state index in [1.807, 2.05) is 0 Å². The van der Waals surface area contributed by atoms with Crippen molar-refractivity contribution in [2.24, 2.45) is 0 Å². The number of nitrogens with one attached hydrogen (secondary N) is 2. The first-order valence-corrected chi connectivity index (χ1v) is 4.74. The zero-order valence-corrected chi connectivity index (χ0v) is 9.50. The van der Waals surface area contributed by atoms with E-state index in [9.17, 15) is 9.59 Å². The van der Waals surface area contributed by atoms with E-state index in [1.54, 1.807) is 21.2 Å². The molecule has 6 heteroatoms. The van der Waals surface area contributed by atoms with Crippen molar-refractivity contribution in [3.05, 3.63) is 0 Å². The summed E-state index contributed by atoms with van der Waals surface area (Å²) in [5.74, 6) is -0.318. The van der Waals surface area contributed by atoms with Crippen LogP contribution < -0.4 is 10.6 Å². The highest BCUT2D eigenvalue weighted by molar-refractivity contribution is 5.85. The lowest BCUT2D eigenvalue weighted by molar-refractivity contribution is -0.130. The second kappa shape index (κ2) is 8.19. The van der Waals surface area contributed by atoms with Crippen LogP contribution >= 0.6 is 0 Å². The Hall–Kier alpha value is -1.14. The van der Waals surface area contributed by atoms with Crippen molar-refractivity contribution in [1.29, 1.82) is 0 Å². The first kappa shape index (κ1) is 13.9. The maximum absolute atomic E-state index is 11.1. The van der Waals surface area contributed by atoms with Crippen LogP contribution in [-0.2, 0) is 14.3 Å². The number of hydrogen-bond donors (Lipinski definition) is 2. The number of amides is 2. The number of carbonyl (C=O) groups excluding carboxylic acids is 2. The highest BCUT2D eigenvalue weighted by Crippen LogP contribution is 1.75. The number of rotatable bonds is 7. The highest BCUT2D eigenvalue weighted by atomic mass is 16.5. The molecule has 0 atom stereocenters. The fourth-order valence-electron chi connectivity index (χ4n) is 0.771. The minimum Gasteiger partial charge on any atom is -0.383 e. The van der Waals surface area contributed by atoms with E-state index in [4.69, 9.17) is 4.74 Å². The molecular weight excluding hydrogens is 198 g/mol. The zero-order chi connectivity index (χ0) is 11.7. The molecule has 0 aromatic heterocycles.